The molecule has 0 atom stereocenters. The average molecular weight is 388 g/mol. The molecular formula is C20H24N2O4S. The highest BCUT2D eigenvalue weighted by Gasteiger charge is 2.20. The number of anilines is 1. The van der Waals surface area contributed by atoms with Crippen molar-refractivity contribution in [1.82, 2.24) is 4.31 Å². The largest absolute Gasteiger partial charge is 0.489 e. The number of nitrogens with one attached hydrogen (secondary N) is 1. The molecule has 27 heavy (non-hydrogen) atoms. The van der Waals surface area contributed by atoms with Gasteiger partial charge < -0.3 is 10.1 Å². The fourth-order valence-electron chi connectivity index (χ4n) is 2.37. The summed E-state index contributed by atoms with van der Waals surface area (Å²) in [6.07, 6.45) is 2.72. The summed E-state index contributed by atoms with van der Waals surface area (Å²) in [5.41, 5.74) is 2.44. The smallest absolute Gasteiger partial charge is 0.239 e. The van der Waals surface area contributed by atoms with E-state index in [4.69, 9.17) is 4.74 Å². The first-order chi connectivity index (χ1) is 12.8. The van der Waals surface area contributed by atoms with Crippen molar-refractivity contribution in [3.8, 4) is 5.75 Å². The van der Waals surface area contributed by atoms with Crippen LogP contribution in [-0.4, -0.2) is 38.0 Å². The minimum atomic E-state index is -3.54. The SMILES string of the molecule is C=CCOc1cccc(NC(=O)CN(Cc2ccc(C)cc2)S(C)(=O)=O)c1. The van der Waals surface area contributed by atoms with Crippen molar-refractivity contribution in [1.29, 1.82) is 0 Å². The van der Waals surface area contributed by atoms with Crippen LogP contribution >= 0.6 is 0 Å². The minimum Gasteiger partial charge on any atom is -0.489 e. The maximum Gasteiger partial charge on any atom is 0.239 e. The number of sulfonamides is 1. The van der Waals surface area contributed by atoms with E-state index in [1.165, 1.54) is 0 Å². The number of rotatable bonds is 9. The molecule has 0 aliphatic carbocycles. The van der Waals surface area contributed by atoms with Crippen LogP contribution in [0.3, 0.4) is 0 Å². The number of carbonyl (C=O) groups is 1. The van der Waals surface area contributed by atoms with Crippen molar-refractivity contribution < 1.29 is 17.9 Å². The summed E-state index contributed by atoms with van der Waals surface area (Å²) in [6, 6.07) is 14.4. The van der Waals surface area contributed by atoms with E-state index in [9.17, 15) is 13.2 Å². The Bertz CT molecular complexity index is 892. The molecule has 0 saturated heterocycles. The van der Waals surface area contributed by atoms with Crippen LogP contribution in [0.5, 0.6) is 5.75 Å². The van der Waals surface area contributed by atoms with Crippen molar-refractivity contribution in [2.75, 3.05) is 24.7 Å². The monoisotopic (exact) mass is 388 g/mol. The van der Waals surface area contributed by atoms with Gasteiger partial charge in [-0.3, -0.25) is 4.79 Å². The first-order valence-corrected chi connectivity index (χ1v) is 10.3. The molecule has 1 N–H and O–H groups in total. The maximum atomic E-state index is 12.4. The molecule has 0 heterocycles. The molecule has 7 heteroatoms. The normalized spacial score (nSPS) is 11.2. The molecule has 0 radical (unpaired) electrons. The summed E-state index contributed by atoms with van der Waals surface area (Å²) >= 11 is 0. The Labute approximate surface area is 160 Å². The Hall–Kier alpha value is -2.64. The molecule has 0 saturated carbocycles. The number of benzene rings is 2. The average Bonchev–Trinajstić information content (AvgIpc) is 2.60. The molecular weight excluding hydrogens is 364 g/mol. The first-order valence-electron chi connectivity index (χ1n) is 8.42. The molecule has 144 valence electrons. The second-order valence-electron chi connectivity index (χ2n) is 6.19. The van der Waals surface area contributed by atoms with Gasteiger partial charge in [-0.05, 0) is 24.6 Å². The molecule has 2 rings (SSSR count). The Morgan fingerprint density at radius 2 is 1.93 bits per heavy atom. The van der Waals surface area contributed by atoms with Crippen molar-refractivity contribution in [3.63, 3.8) is 0 Å². The number of carbonyl (C=O) groups excluding carboxylic acids is 1. The Morgan fingerprint density at radius 3 is 2.56 bits per heavy atom. The molecule has 0 bridgehead atoms. The molecule has 1 amide bonds. The molecule has 0 fully saturated rings. The Kier molecular flexibility index (Phi) is 7.15. The highest BCUT2D eigenvalue weighted by molar-refractivity contribution is 7.88. The zero-order valence-corrected chi connectivity index (χ0v) is 16.3. The summed E-state index contributed by atoms with van der Waals surface area (Å²) < 4.78 is 30.7. The predicted molar refractivity (Wildman–Crippen MR) is 107 cm³/mol. The molecule has 2 aromatic rings. The summed E-state index contributed by atoms with van der Waals surface area (Å²) in [5.74, 6) is 0.167. The van der Waals surface area contributed by atoms with Crippen molar-refractivity contribution in [2.24, 2.45) is 0 Å². The van der Waals surface area contributed by atoms with Crippen LogP contribution in [-0.2, 0) is 21.4 Å². The van der Waals surface area contributed by atoms with E-state index in [0.29, 0.717) is 18.0 Å². The van der Waals surface area contributed by atoms with Crippen LogP contribution in [0, 0.1) is 6.92 Å². The molecule has 0 aliphatic heterocycles. The van der Waals surface area contributed by atoms with Gasteiger partial charge in [0.15, 0.2) is 0 Å². The van der Waals surface area contributed by atoms with Gasteiger partial charge in [-0.25, -0.2) is 8.42 Å². The number of hydrogen-bond acceptors (Lipinski definition) is 4. The van der Waals surface area contributed by atoms with E-state index in [2.05, 4.69) is 11.9 Å². The molecule has 6 nitrogen and oxygen atoms in total. The van der Waals surface area contributed by atoms with Crippen molar-refractivity contribution in [3.05, 3.63) is 72.3 Å². The van der Waals surface area contributed by atoms with Gasteiger partial charge in [0, 0.05) is 18.3 Å². The fraction of sp³-hybridized carbons (Fsp3) is 0.250. The zero-order chi connectivity index (χ0) is 19.9. The number of nitrogens with zero attached hydrogens (tertiary/aromatic N) is 1. The lowest BCUT2D eigenvalue weighted by molar-refractivity contribution is -0.116. The quantitative estimate of drug-likeness (QED) is 0.670. The summed E-state index contributed by atoms with van der Waals surface area (Å²) in [5, 5.41) is 2.71. The summed E-state index contributed by atoms with van der Waals surface area (Å²) in [7, 11) is -3.54. The van der Waals surface area contributed by atoms with Crippen LogP contribution in [0.4, 0.5) is 5.69 Å². The van der Waals surface area contributed by atoms with Gasteiger partial charge >= 0.3 is 0 Å². The van der Waals surface area contributed by atoms with Gasteiger partial charge in [0.25, 0.3) is 0 Å². The Balaban J connectivity index is 2.05. The second kappa shape index (κ2) is 9.34. The van der Waals surface area contributed by atoms with Crippen LogP contribution < -0.4 is 10.1 Å². The minimum absolute atomic E-state index is 0.134. The summed E-state index contributed by atoms with van der Waals surface area (Å²) in [6.45, 7) is 5.76. The van der Waals surface area contributed by atoms with Gasteiger partial charge in [0.2, 0.25) is 15.9 Å². The number of hydrogen-bond donors (Lipinski definition) is 1. The van der Waals surface area contributed by atoms with E-state index in [1.807, 2.05) is 31.2 Å². The van der Waals surface area contributed by atoms with Crippen LogP contribution in [0.2, 0.25) is 0 Å². The maximum absolute atomic E-state index is 12.4. The standard InChI is InChI=1S/C20H24N2O4S/c1-4-12-26-19-7-5-6-18(13-19)21-20(23)15-22(27(3,24)25)14-17-10-8-16(2)9-11-17/h4-11,13H,1,12,14-15H2,2-3H3,(H,21,23). The molecule has 0 spiro atoms. The summed E-state index contributed by atoms with van der Waals surface area (Å²) in [4.78, 5) is 12.4. The molecule has 0 aromatic heterocycles. The Morgan fingerprint density at radius 1 is 1.22 bits per heavy atom. The molecule has 2 aromatic carbocycles. The third-order valence-electron chi connectivity index (χ3n) is 3.75. The number of ether oxygens (including phenoxy) is 1. The van der Waals surface area contributed by atoms with Gasteiger partial charge in [-0.15, -0.1) is 0 Å². The lowest BCUT2D eigenvalue weighted by Crippen LogP contribution is -2.36. The van der Waals surface area contributed by atoms with Gasteiger partial charge in [0.05, 0.1) is 12.8 Å². The number of aryl methyl sites for hydroxylation is 1. The van der Waals surface area contributed by atoms with Gasteiger partial charge in [0.1, 0.15) is 12.4 Å². The third kappa shape index (κ3) is 6.88. The topological polar surface area (TPSA) is 75.7 Å². The zero-order valence-electron chi connectivity index (χ0n) is 15.5. The lowest BCUT2D eigenvalue weighted by Gasteiger charge is -2.20. The first kappa shape index (κ1) is 20.7. The van der Waals surface area contributed by atoms with Gasteiger partial charge in [-0.1, -0.05) is 48.6 Å². The van der Waals surface area contributed by atoms with Crippen molar-refractivity contribution >= 4 is 21.6 Å². The lowest BCUT2D eigenvalue weighted by atomic mass is 10.1. The van der Waals surface area contributed by atoms with Crippen LogP contribution in [0.25, 0.3) is 0 Å². The van der Waals surface area contributed by atoms with E-state index in [1.54, 1.807) is 30.3 Å². The van der Waals surface area contributed by atoms with Crippen molar-refractivity contribution in [2.45, 2.75) is 13.5 Å². The van der Waals surface area contributed by atoms with Gasteiger partial charge in [-0.2, -0.15) is 4.31 Å². The van der Waals surface area contributed by atoms with E-state index >= 15 is 0 Å². The van der Waals surface area contributed by atoms with E-state index < -0.39 is 15.9 Å². The van der Waals surface area contributed by atoms with Crippen LogP contribution in [0.15, 0.2) is 61.2 Å². The molecule has 0 unspecified atom stereocenters. The number of amides is 1. The van der Waals surface area contributed by atoms with E-state index in [-0.39, 0.29) is 13.1 Å². The second-order valence-corrected chi connectivity index (χ2v) is 8.17. The molecule has 0 aliphatic rings. The van der Waals surface area contributed by atoms with Crippen LogP contribution in [0.1, 0.15) is 11.1 Å². The third-order valence-corrected chi connectivity index (χ3v) is 4.95. The highest BCUT2D eigenvalue weighted by atomic mass is 32.2. The fourth-order valence-corrected chi connectivity index (χ4v) is 3.10. The highest BCUT2D eigenvalue weighted by Crippen LogP contribution is 2.18. The van der Waals surface area contributed by atoms with E-state index in [0.717, 1.165) is 21.7 Å². The predicted octanol–water partition coefficient (Wildman–Crippen LogP) is 2.96.